The van der Waals surface area contributed by atoms with Crippen molar-refractivity contribution in [3.63, 3.8) is 0 Å². The molecule has 1 fully saturated rings. The summed E-state index contributed by atoms with van der Waals surface area (Å²) in [6, 6.07) is 13.3. The third kappa shape index (κ3) is 3.63. The summed E-state index contributed by atoms with van der Waals surface area (Å²) in [6.07, 6.45) is 1.71. The van der Waals surface area contributed by atoms with Crippen molar-refractivity contribution in [3.05, 3.63) is 64.6 Å². The Morgan fingerprint density at radius 1 is 1.03 bits per heavy atom. The van der Waals surface area contributed by atoms with Crippen molar-refractivity contribution in [2.45, 2.75) is 19.5 Å². The zero-order valence-electron chi connectivity index (χ0n) is 19.8. The lowest BCUT2D eigenvalue weighted by Crippen LogP contribution is -2.50. The molecular weight excluding hydrogens is 446 g/mol. The average Bonchev–Trinajstić information content (AvgIpc) is 3.48. The minimum atomic E-state index is -0.507. The molecule has 4 heterocycles. The number of piperazine rings is 1. The van der Waals surface area contributed by atoms with E-state index >= 15 is 0 Å². The van der Waals surface area contributed by atoms with Crippen LogP contribution < -0.4 is 15.0 Å². The van der Waals surface area contributed by atoms with Crippen LogP contribution >= 0.6 is 0 Å². The molecule has 6 rings (SSSR count). The Balaban J connectivity index is 1.21. The van der Waals surface area contributed by atoms with E-state index in [0.29, 0.717) is 18.6 Å². The fourth-order valence-electron chi connectivity index (χ4n) is 5.19. The molecule has 0 spiro atoms. The van der Waals surface area contributed by atoms with Crippen molar-refractivity contribution in [1.29, 1.82) is 0 Å². The van der Waals surface area contributed by atoms with Gasteiger partial charge in [0.05, 0.1) is 11.7 Å². The molecule has 0 radical (unpaired) electrons. The van der Waals surface area contributed by atoms with Gasteiger partial charge in [-0.1, -0.05) is 24.3 Å². The first kappa shape index (κ1) is 21.7. The molecule has 1 unspecified atom stereocenters. The first-order chi connectivity index (χ1) is 17.0. The first-order valence-electron chi connectivity index (χ1n) is 11.9. The van der Waals surface area contributed by atoms with E-state index in [0.717, 1.165) is 53.0 Å². The van der Waals surface area contributed by atoms with E-state index in [2.05, 4.69) is 16.1 Å². The number of aromatic nitrogens is 3. The molecule has 35 heavy (non-hydrogen) atoms. The Hall–Kier alpha value is -3.85. The van der Waals surface area contributed by atoms with Crippen LogP contribution in [0.25, 0.3) is 21.8 Å². The van der Waals surface area contributed by atoms with Crippen molar-refractivity contribution in [2.24, 2.45) is 7.05 Å². The molecular formula is C26H27N5O4. The zero-order chi connectivity index (χ0) is 24.1. The smallest absolute Gasteiger partial charge is 0.291 e. The second-order valence-corrected chi connectivity index (χ2v) is 9.19. The second kappa shape index (κ2) is 8.42. The Bertz CT molecular complexity index is 1500. The van der Waals surface area contributed by atoms with Crippen molar-refractivity contribution >= 4 is 27.7 Å². The van der Waals surface area contributed by atoms with Crippen LogP contribution in [0, 0.1) is 0 Å². The first-order valence-corrected chi connectivity index (χ1v) is 11.9. The second-order valence-electron chi connectivity index (χ2n) is 9.19. The van der Waals surface area contributed by atoms with Gasteiger partial charge in [0.15, 0.2) is 11.5 Å². The molecule has 1 amide bonds. The predicted molar refractivity (Wildman–Crippen MR) is 132 cm³/mol. The number of amides is 1. The van der Waals surface area contributed by atoms with Crippen molar-refractivity contribution in [3.8, 4) is 11.5 Å². The highest BCUT2D eigenvalue weighted by molar-refractivity contribution is 6.08. The standard InChI is InChI=1S/C26H27N5O4/c1-17(31-21-6-4-3-5-19(21)20-14-27-28(2)26(33)24(20)31)25(32)30-11-9-29(10-12-30)15-18-7-8-22-23(13-18)35-16-34-22/h3-8,13-14,17H,9-12,15-16H2,1-2H3. The number of aryl methyl sites for hydroxylation is 1. The molecule has 0 bridgehead atoms. The number of hydrogen-bond donors (Lipinski definition) is 0. The summed E-state index contributed by atoms with van der Waals surface area (Å²) in [5.74, 6) is 1.60. The SMILES string of the molecule is CC(C(=O)N1CCN(Cc2ccc3c(c2)OCO3)CC1)n1c2ccccc2c2cnn(C)c(=O)c21. The topological polar surface area (TPSA) is 81.8 Å². The van der Waals surface area contributed by atoms with E-state index in [1.165, 1.54) is 4.68 Å². The highest BCUT2D eigenvalue weighted by atomic mass is 16.7. The number of benzene rings is 2. The van der Waals surface area contributed by atoms with Gasteiger partial charge in [-0.2, -0.15) is 5.10 Å². The Kier molecular flexibility index (Phi) is 5.21. The van der Waals surface area contributed by atoms with Crippen molar-refractivity contribution in [1.82, 2.24) is 24.1 Å². The summed E-state index contributed by atoms with van der Waals surface area (Å²) in [5.41, 5.74) is 2.35. The molecule has 2 aliphatic rings. The van der Waals surface area contributed by atoms with Crippen LogP contribution in [0.4, 0.5) is 0 Å². The maximum absolute atomic E-state index is 13.6. The van der Waals surface area contributed by atoms with Crippen LogP contribution in [0.5, 0.6) is 11.5 Å². The Morgan fingerprint density at radius 2 is 1.80 bits per heavy atom. The van der Waals surface area contributed by atoms with Crippen molar-refractivity contribution in [2.75, 3.05) is 33.0 Å². The average molecular weight is 474 g/mol. The third-order valence-corrected chi connectivity index (χ3v) is 7.08. The number of carbonyl (C=O) groups excluding carboxylic acids is 1. The molecule has 9 nitrogen and oxygen atoms in total. The van der Waals surface area contributed by atoms with E-state index in [1.54, 1.807) is 13.2 Å². The van der Waals surface area contributed by atoms with Gasteiger partial charge in [-0.3, -0.25) is 14.5 Å². The van der Waals surface area contributed by atoms with Crippen LogP contribution in [0.3, 0.4) is 0 Å². The van der Waals surface area contributed by atoms with Gasteiger partial charge in [-0.25, -0.2) is 4.68 Å². The molecule has 0 aliphatic carbocycles. The molecule has 2 aromatic heterocycles. The van der Waals surface area contributed by atoms with Gasteiger partial charge in [0.1, 0.15) is 11.6 Å². The Morgan fingerprint density at radius 3 is 2.63 bits per heavy atom. The lowest BCUT2D eigenvalue weighted by molar-refractivity contribution is -0.135. The van der Waals surface area contributed by atoms with Gasteiger partial charge in [0, 0.05) is 50.5 Å². The quantitative estimate of drug-likeness (QED) is 0.453. The molecule has 2 aromatic carbocycles. The predicted octanol–water partition coefficient (Wildman–Crippen LogP) is 2.52. The summed E-state index contributed by atoms with van der Waals surface area (Å²) < 4.78 is 14.1. The van der Waals surface area contributed by atoms with Crippen LogP contribution in [0.15, 0.2) is 53.5 Å². The number of carbonyl (C=O) groups is 1. The van der Waals surface area contributed by atoms with E-state index < -0.39 is 6.04 Å². The normalized spacial score (nSPS) is 16.8. The molecule has 0 saturated carbocycles. The summed E-state index contributed by atoms with van der Waals surface area (Å²) in [4.78, 5) is 30.9. The van der Waals surface area contributed by atoms with E-state index in [9.17, 15) is 9.59 Å². The van der Waals surface area contributed by atoms with E-state index in [-0.39, 0.29) is 18.3 Å². The fraction of sp³-hybridized carbons (Fsp3) is 0.346. The molecule has 2 aliphatic heterocycles. The zero-order valence-corrected chi connectivity index (χ0v) is 19.8. The molecule has 9 heteroatoms. The van der Waals surface area contributed by atoms with Gasteiger partial charge in [0.2, 0.25) is 12.7 Å². The maximum atomic E-state index is 13.6. The summed E-state index contributed by atoms with van der Waals surface area (Å²) in [5, 5.41) is 5.91. The summed E-state index contributed by atoms with van der Waals surface area (Å²) in [6.45, 7) is 5.80. The van der Waals surface area contributed by atoms with Gasteiger partial charge >= 0.3 is 0 Å². The molecule has 1 atom stereocenters. The maximum Gasteiger partial charge on any atom is 0.291 e. The molecule has 0 N–H and O–H groups in total. The van der Waals surface area contributed by atoms with Crippen LogP contribution in [0.1, 0.15) is 18.5 Å². The third-order valence-electron chi connectivity index (χ3n) is 7.08. The summed E-state index contributed by atoms with van der Waals surface area (Å²) in [7, 11) is 1.63. The van der Waals surface area contributed by atoms with Crippen LogP contribution in [0.2, 0.25) is 0 Å². The number of fused-ring (bicyclic) bond motifs is 4. The van der Waals surface area contributed by atoms with Gasteiger partial charge in [-0.15, -0.1) is 0 Å². The lowest BCUT2D eigenvalue weighted by atomic mass is 10.1. The van der Waals surface area contributed by atoms with Gasteiger partial charge in [-0.05, 0) is 30.7 Å². The largest absolute Gasteiger partial charge is 0.454 e. The van der Waals surface area contributed by atoms with Gasteiger partial charge < -0.3 is 18.9 Å². The number of para-hydroxylation sites is 1. The Labute approximate surface area is 202 Å². The van der Waals surface area contributed by atoms with Gasteiger partial charge in [0.25, 0.3) is 5.56 Å². The van der Waals surface area contributed by atoms with Crippen LogP contribution in [-0.4, -0.2) is 63.0 Å². The summed E-state index contributed by atoms with van der Waals surface area (Å²) >= 11 is 0. The van der Waals surface area contributed by atoms with Crippen LogP contribution in [-0.2, 0) is 18.4 Å². The highest BCUT2D eigenvalue weighted by Crippen LogP contribution is 2.33. The minimum absolute atomic E-state index is 0.0225. The molecule has 180 valence electrons. The number of rotatable bonds is 4. The molecule has 1 saturated heterocycles. The number of hydrogen-bond acceptors (Lipinski definition) is 6. The van der Waals surface area contributed by atoms with E-state index in [4.69, 9.17) is 9.47 Å². The van der Waals surface area contributed by atoms with Crippen molar-refractivity contribution < 1.29 is 14.3 Å². The van der Waals surface area contributed by atoms with E-state index in [1.807, 2.05) is 52.8 Å². The monoisotopic (exact) mass is 473 g/mol. The highest BCUT2D eigenvalue weighted by Gasteiger charge is 2.29. The number of nitrogens with zero attached hydrogens (tertiary/aromatic N) is 5. The number of ether oxygens (including phenoxy) is 2. The minimum Gasteiger partial charge on any atom is -0.454 e. The molecule has 4 aromatic rings. The lowest BCUT2D eigenvalue weighted by Gasteiger charge is -2.36. The fourth-order valence-corrected chi connectivity index (χ4v) is 5.19.